The zero-order valence-corrected chi connectivity index (χ0v) is 15.2. The average molecular weight is 353 g/mol. The fraction of sp³-hybridized carbons (Fsp3) is 0.250. The first-order valence-corrected chi connectivity index (χ1v) is 8.27. The molecule has 2 rings (SSSR count). The Morgan fingerprint density at radius 2 is 1.69 bits per heavy atom. The highest BCUT2D eigenvalue weighted by atomic mass is 16.5. The van der Waals surface area contributed by atoms with Gasteiger partial charge in [-0.25, -0.2) is 5.43 Å². The van der Waals surface area contributed by atoms with Gasteiger partial charge in [0.2, 0.25) is 5.91 Å². The molecule has 0 aliphatic rings. The van der Waals surface area contributed by atoms with Gasteiger partial charge in [0.05, 0.1) is 13.5 Å². The molecule has 0 atom stereocenters. The summed E-state index contributed by atoms with van der Waals surface area (Å²) in [5.41, 5.74) is 5.57. The molecular formula is C20H23N3O3. The maximum Gasteiger partial charge on any atom is 0.271 e. The first-order valence-electron chi connectivity index (χ1n) is 8.27. The number of hydrazone groups is 1. The number of rotatable bonds is 7. The minimum Gasteiger partial charge on any atom is -0.497 e. The summed E-state index contributed by atoms with van der Waals surface area (Å²) in [5, 5.41) is 6.80. The Morgan fingerprint density at radius 1 is 1.04 bits per heavy atom. The molecule has 136 valence electrons. The summed E-state index contributed by atoms with van der Waals surface area (Å²) in [6.45, 7) is 4.07. The van der Waals surface area contributed by atoms with Crippen molar-refractivity contribution in [2.24, 2.45) is 5.10 Å². The first kappa shape index (κ1) is 19.2. The number of benzene rings is 2. The Morgan fingerprint density at radius 3 is 2.31 bits per heavy atom. The van der Waals surface area contributed by atoms with Crippen molar-refractivity contribution in [3.63, 3.8) is 0 Å². The molecule has 0 unspecified atom stereocenters. The number of aryl methyl sites for hydroxylation is 1. The number of ether oxygens (including phenoxy) is 1. The van der Waals surface area contributed by atoms with Gasteiger partial charge in [-0.3, -0.25) is 9.59 Å². The molecule has 2 aromatic rings. The zero-order chi connectivity index (χ0) is 18.9. The van der Waals surface area contributed by atoms with Crippen LogP contribution in [0.3, 0.4) is 0 Å². The Kier molecular flexibility index (Phi) is 6.91. The molecule has 0 aromatic heterocycles. The summed E-state index contributed by atoms with van der Waals surface area (Å²) in [4.78, 5) is 24.0. The molecule has 2 amide bonds. The second kappa shape index (κ2) is 9.36. The standard InChI is InChI=1S/C20H23N3O3/c1-14-4-8-17(9-5-14)20(25)23-22-15(2)12-19(24)21-13-16-6-10-18(26-3)11-7-16/h4-11H,12-13H2,1-3H3,(H,21,24)(H,23,25)/b22-15+. The highest BCUT2D eigenvalue weighted by molar-refractivity contribution is 6.01. The van der Waals surface area contributed by atoms with Crippen molar-refractivity contribution >= 4 is 17.5 Å². The van der Waals surface area contributed by atoms with E-state index in [9.17, 15) is 9.59 Å². The molecule has 0 heterocycles. The van der Waals surface area contributed by atoms with Crippen LogP contribution >= 0.6 is 0 Å². The van der Waals surface area contributed by atoms with Crippen molar-refractivity contribution in [2.75, 3.05) is 7.11 Å². The van der Waals surface area contributed by atoms with Crippen LogP contribution in [0.2, 0.25) is 0 Å². The van der Waals surface area contributed by atoms with E-state index in [4.69, 9.17) is 4.74 Å². The monoisotopic (exact) mass is 353 g/mol. The molecule has 26 heavy (non-hydrogen) atoms. The Labute approximate surface area is 153 Å². The average Bonchev–Trinajstić information content (AvgIpc) is 2.65. The lowest BCUT2D eigenvalue weighted by atomic mass is 10.1. The van der Waals surface area contributed by atoms with Gasteiger partial charge in [-0.05, 0) is 43.7 Å². The van der Waals surface area contributed by atoms with E-state index < -0.39 is 0 Å². The van der Waals surface area contributed by atoms with E-state index in [0.29, 0.717) is 17.8 Å². The van der Waals surface area contributed by atoms with Crippen molar-refractivity contribution in [2.45, 2.75) is 26.8 Å². The topological polar surface area (TPSA) is 79.8 Å². The summed E-state index contributed by atoms with van der Waals surface area (Å²) in [6, 6.07) is 14.7. The summed E-state index contributed by atoms with van der Waals surface area (Å²) < 4.78 is 5.09. The molecule has 6 nitrogen and oxygen atoms in total. The molecule has 0 spiro atoms. The van der Waals surface area contributed by atoms with Gasteiger partial charge in [-0.15, -0.1) is 0 Å². The third-order valence-corrected chi connectivity index (χ3v) is 3.73. The molecule has 6 heteroatoms. The molecule has 0 bridgehead atoms. The number of nitrogens with zero attached hydrogens (tertiary/aromatic N) is 1. The van der Waals surface area contributed by atoms with Crippen molar-refractivity contribution in [3.8, 4) is 5.75 Å². The summed E-state index contributed by atoms with van der Waals surface area (Å²) in [6.07, 6.45) is 0.115. The summed E-state index contributed by atoms with van der Waals surface area (Å²) in [7, 11) is 1.61. The Bertz CT molecular complexity index is 781. The van der Waals surface area contributed by atoms with Gasteiger partial charge in [0.25, 0.3) is 5.91 Å². The highest BCUT2D eigenvalue weighted by Crippen LogP contribution is 2.11. The quantitative estimate of drug-likeness (QED) is 0.593. The Balaban J connectivity index is 1.78. The fourth-order valence-corrected chi connectivity index (χ4v) is 2.19. The van der Waals surface area contributed by atoms with Crippen LogP contribution in [-0.4, -0.2) is 24.6 Å². The number of carbonyl (C=O) groups excluding carboxylic acids is 2. The zero-order valence-electron chi connectivity index (χ0n) is 15.2. The number of amides is 2. The number of nitrogens with one attached hydrogen (secondary N) is 2. The van der Waals surface area contributed by atoms with Gasteiger partial charge in [0, 0.05) is 17.8 Å². The van der Waals surface area contributed by atoms with Gasteiger partial charge in [0.15, 0.2) is 0 Å². The fourth-order valence-electron chi connectivity index (χ4n) is 2.19. The molecular weight excluding hydrogens is 330 g/mol. The van der Waals surface area contributed by atoms with Crippen LogP contribution in [0.4, 0.5) is 0 Å². The van der Waals surface area contributed by atoms with E-state index in [-0.39, 0.29) is 18.2 Å². The third-order valence-electron chi connectivity index (χ3n) is 3.73. The first-order chi connectivity index (χ1) is 12.5. The van der Waals surface area contributed by atoms with Crippen LogP contribution in [0.25, 0.3) is 0 Å². The second-order valence-electron chi connectivity index (χ2n) is 5.96. The van der Waals surface area contributed by atoms with Crippen molar-refractivity contribution < 1.29 is 14.3 Å². The molecule has 2 N–H and O–H groups in total. The molecule has 0 saturated carbocycles. The molecule has 0 fully saturated rings. The number of hydrogen-bond acceptors (Lipinski definition) is 4. The maximum atomic E-state index is 12.0. The molecule has 0 aliphatic carbocycles. The van der Waals surface area contributed by atoms with Crippen molar-refractivity contribution in [1.82, 2.24) is 10.7 Å². The van der Waals surface area contributed by atoms with Crippen LogP contribution in [0.1, 0.15) is 34.8 Å². The van der Waals surface area contributed by atoms with Gasteiger partial charge < -0.3 is 10.1 Å². The van der Waals surface area contributed by atoms with E-state index >= 15 is 0 Å². The predicted molar refractivity (Wildman–Crippen MR) is 101 cm³/mol. The number of hydrogen-bond donors (Lipinski definition) is 2. The lowest BCUT2D eigenvalue weighted by molar-refractivity contribution is -0.120. The SMILES string of the molecule is COc1ccc(CNC(=O)C/C(C)=N/NC(=O)c2ccc(C)cc2)cc1. The maximum absolute atomic E-state index is 12.0. The minimum absolute atomic E-state index is 0.115. The molecule has 0 saturated heterocycles. The van der Waals surface area contributed by atoms with Crippen LogP contribution in [-0.2, 0) is 11.3 Å². The van der Waals surface area contributed by atoms with Gasteiger partial charge >= 0.3 is 0 Å². The number of carbonyl (C=O) groups is 2. The van der Waals surface area contributed by atoms with Crippen molar-refractivity contribution in [1.29, 1.82) is 0 Å². The lowest BCUT2D eigenvalue weighted by Gasteiger charge is -2.07. The van der Waals surface area contributed by atoms with Crippen LogP contribution < -0.4 is 15.5 Å². The van der Waals surface area contributed by atoms with E-state index in [2.05, 4.69) is 15.8 Å². The lowest BCUT2D eigenvalue weighted by Crippen LogP contribution is -2.26. The third kappa shape index (κ3) is 6.05. The van der Waals surface area contributed by atoms with Gasteiger partial charge in [-0.2, -0.15) is 5.10 Å². The van der Waals surface area contributed by atoms with Crippen LogP contribution in [0.15, 0.2) is 53.6 Å². The largest absolute Gasteiger partial charge is 0.497 e. The van der Waals surface area contributed by atoms with Crippen LogP contribution in [0, 0.1) is 6.92 Å². The molecule has 0 radical (unpaired) electrons. The summed E-state index contributed by atoms with van der Waals surface area (Å²) >= 11 is 0. The smallest absolute Gasteiger partial charge is 0.271 e. The predicted octanol–water partition coefficient (Wildman–Crippen LogP) is 2.82. The molecule has 0 aliphatic heterocycles. The van der Waals surface area contributed by atoms with E-state index in [1.807, 2.05) is 43.3 Å². The normalized spacial score (nSPS) is 11.0. The second-order valence-corrected chi connectivity index (χ2v) is 5.96. The van der Waals surface area contributed by atoms with Crippen LogP contribution in [0.5, 0.6) is 5.75 Å². The Hall–Kier alpha value is -3.15. The molecule has 2 aromatic carbocycles. The highest BCUT2D eigenvalue weighted by Gasteiger charge is 2.06. The van der Waals surface area contributed by atoms with Gasteiger partial charge in [-0.1, -0.05) is 29.8 Å². The minimum atomic E-state index is -0.303. The van der Waals surface area contributed by atoms with E-state index in [1.165, 1.54) is 0 Å². The van der Waals surface area contributed by atoms with Crippen molar-refractivity contribution in [3.05, 3.63) is 65.2 Å². The van der Waals surface area contributed by atoms with E-state index in [0.717, 1.165) is 16.9 Å². The van der Waals surface area contributed by atoms with Gasteiger partial charge in [0.1, 0.15) is 5.75 Å². The summed E-state index contributed by atoms with van der Waals surface area (Å²) in [5.74, 6) is 0.307. The number of methoxy groups -OCH3 is 1. The van der Waals surface area contributed by atoms with E-state index in [1.54, 1.807) is 26.2 Å².